The van der Waals surface area contributed by atoms with Gasteiger partial charge in [-0.25, -0.2) is 0 Å². The fourth-order valence-electron chi connectivity index (χ4n) is 4.83. The first-order chi connectivity index (χ1) is 15.7. The summed E-state index contributed by atoms with van der Waals surface area (Å²) in [5, 5.41) is 0. The Balaban J connectivity index is 1.49. The molecule has 6 heteroatoms. The van der Waals surface area contributed by atoms with Gasteiger partial charge in [0.1, 0.15) is 0 Å². The van der Waals surface area contributed by atoms with Crippen LogP contribution in [0.2, 0.25) is 0 Å². The molecule has 2 aliphatic rings. The summed E-state index contributed by atoms with van der Waals surface area (Å²) >= 11 is 0. The summed E-state index contributed by atoms with van der Waals surface area (Å²) in [6.45, 7) is 6.70. The third kappa shape index (κ3) is 5.38. The molecule has 0 saturated carbocycles. The van der Waals surface area contributed by atoms with E-state index in [1.807, 2.05) is 17.0 Å². The van der Waals surface area contributed by atoms with Crippen LogP contribution in [-0.4, -0.2) is 41.4 Å². The van der Waals surface area contributed by atoms with Crippen LogP contribution in [0.25, 0.3) is 11.1 Å². The van der Waals surface area contributed by atoms with Crippen LogP contribution < -0.4 is 0 Å². The van der Waals surface area contributed by atoms with Crippen LogP contribution in [0.4, 0.5) is 13.2 Å². The molecule has 4 rings (SSSR count). The fraction of sp³-hybridized carbons (Fsp3) is 0.370. The molecular weight excluding hydrogens is 425 g/mol. The van der Waals surface area contributed by atoms with E-state index in [1.165, 1.54) is 17.7 Å². The van der Waals surface area contributed by atoms with E-state index < -0.39 is 11.7 Å². The van der Waals surface area contributed by atoms with E-state index in [2.05, 4.69) is 30.1 Å². The average molecular weight is 455 g/mol. The van der Waals surface area contributed by atoms with Gasteiger partial charge in [0.2, 0.25) is 5.91 Å². The number of allylic oxidation sites excluding steroid dienone is 3. The molecule has 0 spiro atoms. The number of hydrogen-bond acceptors (Lipinski definition) is 2. The molecule has 1 aliphatic carbocycles. The standard InChI is InChI=1S/C27H29F3N2O/c1-19-6-5-7-23(16-19)26-18-31(14-15-32(26)20(2)33)17-21-10-12-22(13-11-21)24-8-3-4-9-25(24)27(28,29)30/h3-13,19,26H,14-18H2,1-2H3. The van der Waals surface area contributed by atoms with E-state index in [0.717, 1.165) is 31.1 Å². The molecular formula is C27H29F3N2O. The Kier molecular flexibility index (Phi) is 6.75. The zero-order valence-electron chi connectivity index (χ0n) is 19.0. The van der Waals surface area contributed by atoms with E-state index in [9.17, 15) is 18.0 Å². The predicted octanol–water partition coefficient (Wildman–Crippen LogP) is 5.93. The second-order valence-electron chi connectivity index (χ2n) is 9.01. The van der Waals surface area contributed by atoms with Crippen molar-refractivity contribution in [2.75, 3.05) is 19.6 Å². The van der Waals surface area contributed by atoms with Gasteiger partial charge < -0.3 is 4.90 Å². The normalized spacial score (nSPS) is 21.7. The number of carbonyl (C=O) groups is 1. The Hall–Kier alpha value is -2.86. The molecule has 2 unspecified atom stereocenters. The van der Waals surface area contributed by atoms with Gasteiger partial charge in [-0.1, -0.05) is 67.6 Å². The Labute approximate surface area is 193 Å². The number of alkyl halides is 3. The highest BCUT2D eigenvalue weighted by atomic mass is 19.4. The minimum atomic E-state index is -4.39. The maximum absolute atomic E-state index is 13.4. The first-order valence-corrected chi connectivity index (χ1v) is 11.3. The maximum Gasteiger partial charge on any atom is 0.417 e. The summed E-state index contributed by atoms with van der Waals surface area (Å²) in [7, 11) is 0. The monoisotopic (exact) mass is 454 g/mol. The van der Waals surface area contributed by atoms with Crippen molar-refractivity contribution in [2.24, 2.45) is 5.92 Å². The van der Waals surface area contributed by atoms with Gasteiger partial charge in [0.25, 0.3) is 0 Å². The van der Waals surface area contributed by atoms with Crippen LogP contribution in [0, 0.1) is 5.92 Å². The van der Waals surface area contributed by atoms with Crippen LogP contribution >= 0.6 is 0 Å². The molecule has 3 nitrogen and oxygen atoms in total. The first kappa shape index (κ1) is 23.3. The highest BCUT2D eigenvalue weighted by Crippen LogP contribution is 2.37. The Morgan fingerprint density at radius 2 is 1.79 bits per heavy atom. The number of carbonyl (C=O) groups excluding carboxylic acids is 1. The number of rotatable bonds is 4. The van der Waals surface area contributed by atoms with Crippen molar-refractivity contribution >= 4 is 5.91 Å². The molecule has 1 heterocycles. The molecule has 0 bridgehead atoms. The SMILES string of the molecule is CC(=O)N1CCN(Cc2ccc(-c3ccccc3C(F)(F)F)cc2)CC1C1=CC=CC(C)C1. The van der Waals surface area contributed by atoms with Crippen molar-refractivity contribution in [2.45, 2.75) is 39.0 Å². The van der Waals surface area contributed by atoms with Crippen LogP contribution in [0.15, 0.2) is 72.3 Å². The van der Waals surface area contributed by atoms with Crippen LogP contribution in [0.1, 0.15) is 31.4 Å². The third-order valence-electron chi connectivity index (χ3n) is 6.51. The van der Waals surface area contributed by atoms with Crippen LogP contribution in [0.3, 0.4) is 0 Å². The lowest BCUT2D eigenvalue weighted by atomic mass is 9.89. The number of benzene rings is 2. The second-order valence-corrected chi connectivity index (χ2v) is 9.01. The molecule has 1 fully saturated rings. The summed E-state index contributed by atoms with van der Waals surface area (Å²) in [6.07, 6.45) is 2.96. The zero-order chi connectivity index (χ0) is 23.6. The summed E-state index contributed by atoms with van der Waals surface area (Å²) in [4.78, 5) is 16.5. The number of halogens is 3. The molecule has 1 aliphatic heterocycles. The summed E-state index contributed by atoms with van der Waals surface area (Å²) < 4.78 is 40.1. The highest BCUT2D eigenvalue weighted by molar-refractivity contribution is 5.74. The number of piperazine rings is 1. The molecule has 2 aromatic carbocycles. The summed E-state index contributed by atoms with van der Waals surface area (Å²) in [6, 6.07) is 13.1. The number of amides is 1. The molecule has 1 amide bonds. The molecule has 0 aromatic heterocycles. The molecule has 2 atom stereocenters. The molecule has 174 valence electrons. The van der Waals surface area contributed by atoms with Gasteiger partial charge in [0, 0.05) is 33.1 Å². The molecule has 0 radical (unpaired) electrons. The second kappa shape index (κ2) is 9.56. The van der Waals surface area contributed by atoms with Crippen molar-refractivity contribution < 1.29 is 18.0 Å². The topological polar surface area (TPSA) is 23.6 Å². The van der Waals surface area contributed by atoms with Crippen molar-refractivity contribution in [1.82, 2.24) is 9.80 Å². The Morgan fingerprint density at radius 1 is 1.06 bits per heavy atom. The van der Waals surface area contributed by atoms with E-state index in [-0.39, 0.29) is 17.5 Å². The van der Waals surface area contributed by atoms with Crippen molar-refractivity contribution in [3.8, 4) is 11.1 Å². The lowest BCUT2D eigenvalue weighted by Crippen LogP contribution is -2.55. The Bertz CT molecular complexity index is 1060. The summed E-state index contributed by atoms with van der Waals surface area (Å²) in [5.41, 5.74) is 2.45. The lowest BCUT2D eigenvalue weighted by molar-refractivity contribution is -0.137. The zero-order valence-corrected chi connectivity index (χ0v) is 19.0. The van der Waals surface area contributed by atoms with Crippen LogP contribution in [0.5, 0.6) is 0 Å². The molecule has 33 heavy (non-hydrogen) atoms. The largest absolute Gasteiger partial charge is 0.417 e. The molecule has 0 N–H and O–H groups in total. The van der Waals surface area contributed by atoms with Crippen LogP contribution in [-0.2, 0) is 17.5 Å². The van der Waals surface area contributed by atoms with Gasteiger partial charge in [-0.15, -0.1) is 0 Å². The lowest BCUT2D eigenvalue weighted by Gasteiger charge is -2.43. The maximum atomic E-state index is 13.4. The smallest absolute Gasteiger partial charge is 0.334 e. The van der Waals surface area contributed by atoms with Gasteiger partial charge >= 0.3 is 6.18 Å². The van der Waals surface area contributed by atoms with E-state index in [1.54, 1.807) is 25.1 Å². The van der Waals surface area contributed by atoms with Gasteiger partial charge in [-0.2, -0.15) is 13.2 Å². The Morgan fingerprint density at radius 3 is 2.45 bits per heavy atom. The fourth-order valence-corrected chi connectivity index (χ4v) is 4.83. The van der Waals surface area contributed by atoms with E-state index >= 15 is 0 Å². The predicted molar refractivity (Wildman–Crippen MR) is 124 cm³/mol. The van der Waals surface area contributed by atoms with Gasteiger partial charge in [-0.3, -0.25) is 9.69 Å². The van der Waals surface area contributed by atoms with E-state index in [0.29, 0.717) is 24.6 Å². The first-order valence-electron chi connectivity index (χ1n) is 11.3. The number of nitrogens with zero attached hydrogens (tertiary/aromatic N) is 2. The quantitative estimate of drug-likeness (QED) is 0.572. The number of hydrogen-bond donors (Lipinski definition) is 0. The van der Waals surface area contributed by atoms with Crippen molar-refractivity contribution in [3.05, 3.63) is 83.5 Å². The molecule has 2 aromatic rings. The highest BCUT2D eigenvalue weighted by Gasteiger charge is 2.34. The van der Waals surface area contributed by atoms with Crippen molar-refractivity contribution in [1.29, 1.82) is 0 Å². The van der Waals surface area contributed by atoms with Gasteiger partial charge in [-0.05, 0) is 40.7 Å². The average Bonchev–Trinajstić information content (AvgIpc) is 2.79. The minimum absolute atomic E-state index is 0.0570. The van der Waals surface area contributed by atoms with Crippen molar-refractivity contribution in [3.63, 3.8) is 0 Å². The minimum Gasteiger partial charge on any atom is -0.334 e. The van der Waals surface area contributed by atoms with Gasteiger partial charge in [0.05, 0.1) is 11.6 Å². The summed E-state index contributed by atoms with van der Waals surface area (Å²) in [5.74, 6) is 0.553. The third-order valence-corrected chi connectivity index (χ3v) is 6.51. The van der Waals surface area contributed by atoms with E-state index in [4.69, 9.17) is 0 Å². The van der Waals surface area contributed by atoms with Gasteiger partial charge in [0.15, 0.2) is 0 Å². The molecule has 1 saturated heterocycles.